The van der Waals surface area contributed by atoms with Crippen molar-refractivity contribution in [3.05, 3.63) is 36.0 Å². The van der Waals surface area contributed by atoms with Crippen LogP contribution in [0.2, 0.25) is 0 Å². The van der Waals surface area contributed by atoms with Crippen molar-refractivity contribution in [2.75, 3.05) is 13.7 Å². The molecule has 1 aliphatic rings. The maximum Gasteiger partial charge on any atom is 0.177 e. The van der Waals surface area contributed by atoms with Crippen molar-refractivity contribution in [3.63, 3.8) is 0 Å². The molecule has 0 fully saturated rings. The number of methoxy groups -OCH3 is 1. The van der Waals surface area contributed by atoms with Crippen molar-refractivity contribution >= 4 is 18.5 Å². The van der Waals surface area contributed by atoms with Crippen molar-refractivity contribution in [2.45, 2.75) is 11.9 Å². The zero-order valence-corrected chi connectivity index (χ0v) is 12.6. The fraction of sp³-hybridized carbons (Fsp3) is 0.231. The van der Waals surface area contributed by atoms with Crippen LogP contribution in [0.15, 0.2) is 40.6 Å². The first-order chi connectivity index (χ1) is 10.2. The molecule has 1 aromatic carbocycles. The highest BCUT2D eigenvalue weighted by atomic mass is 32.1. The van der Waals surface area contributed by atoms with Gasteiger partial charge in [-0.25, -0.2) is 10.2 Å². The number of ether oxygens (including phenoxy) is 1. The molecule has 0 atom stereocenters. The standard InChI is InChI=1S/C13H16N6OS/c1-3-18-12(15-16-17-18)11-8-14-19(13(11)21)9-4-6-10(20-2)7-5-9/h4-8,16-17,21H,3H2,1-2H3. The average Bonchev–Trinajstić information content (AvgIpc) is 3.13. The highest BCUT2D eigenvalue weighted by molar-refractivity contribution is 7.80. The van der Waals surface area contributed by atoms with E-state index in [4.69, 9.17) is 4.74 Å². The molecular weight excluding hydrogens is 288 g/mol. The molecule has 0 radical (unpaired) electrons. The first kappa shape index (κ1) is 13.8. The lowest BCUT2D eigenvalue weighted by molar-refractivity contribution is 0.308. The first-order valence-corrected chi connectivity index (χ1v) is 6.97. The van der Waals surface area contributed by atoms with Crippen molar-refractivity contribution in [1.29, 1.82) is 0 Å². The van der Waals surface area contributed by atoms with Crippen molar-refractivity contribution in [2.24, 2.45) is 5.10 Å². The molecule has 3 rings (SSSR count). The van der Waals surface area contributed by atoms with Gasteiger partial charge in [-0.3, -0.25) is 5.01 Å². The molecular formula is C13H16N6OS. The van der Waals surface area contributed by atoms with Crippen LogP contribution in [0.25, 0.3) is 5.69 Å². The second-order valence-corrected chi connectivity index (χ2v) is 4.82. The molecule has 0 amide bonds. The predicted molar refractivity (Wildman–Crippen MR) is 82.6 cm³/mol. The third-order valence-corrected chi connectivity index (χ3v) is 3.65. The molecule has 0 unspecified atom stereocenters. The van der Waals surface area contributed by atoms with Gasteiger partial charge in [0, 0.05) is 6.54 Å². The SMILES string of the molecule is CCN1NNN=C1c1cnn(-c2ccc(OC)cc2)c1S. The predicted octanol–water partition coefficient (Wildman–Crippen LogP) is 1.18. The summed E-state index contributed by atoms with van der Waals surface area (Å²) < 4.78 is 6.92. The number of hydrogen-bond donors (Lipinski definition) is 3. The van der Waals surface area contributed by atoms with E-state index < -0.39 is 0 Å². The van der Waals surface area contributed by atoms with Crippen molar-refractivity contribution in [3.8, 4) is 11.4 Å². The molecule has 2 aromatic rings. The highest BCUT2D eigenvalue weighted by Crippen LogP contribution is 2.22. The Hall–Kier alpha value is -2.19. The lowest BCUT2D eigenvalue weighted by atomic mass is 10.3. The molecule has 0 spiro atoms. The van der Waals surface area contributed by atoms with Crippen molar-refractivity contribution < 1.29 is 4.74 Å². The quantitative estimate of drug-likeness (QED) is 0.740. The molecule has 0 aliphatic carbocycles. The summed E-state index contributed by atoms with van der Waals surface area (Å²) in [5, 5.41) is 11.2. The van der Waals surface area contributed by atoms with Gasteiger partial charge in [-0.05, 0) is 31.2 Å². The number of hydrazone groups is 1. The number of nitrogens with one attached hydrogen (secondary N) is 2. The van der Waals surface area contributed by atoms with Crippen LogP contribution in [0.1, 0.15) is 12.5 Å². The lowest BCUT2D eigenvalue weighted by Crippen LogP contribution is -2.40. The summed E-state index contributed by atoms with van der Waals surface area (Å²) in [6.07, 6.45) is 1.75. The normalized spacial score (nSPS) is 14.0. The van der Waals surface area contributed by atoms with E-state index in [1.165, 1.54) is 0 Å². The Morgan fingerprint density at radius 1 is 1.29 bits per heavy atom. The van der Waals surface area contributed by atoms with E-state index in [-0.39, 0.29) is 0 Å². The van der Waals surface area contributed by atoms with E-state index in [0.29, 0.717) is 0 Å². The number of hydrogen-bond acceptors (Lipinski definition) is 7. The molecule has 0 saturated heterocycles. The van der Waals surface area contributed by atoms with Gasteiger partial charge in [0.05, 0.1) is 24.6 Å². The van der Waals surface area contributed by atoms with Gasteiger partial charge >= 0.3 is 0 Å². The third kappa shape index (κ3) is 2.43. The number of thiol groups is 1. The maximum absolute atomic E-state index is 5.16. The molecule has 1 aliphatic heterocycles. The van der Waals surface area contributed by atoms with Gasteiger partial charge in [0.15, 0.2) is 5.84 Å². The third-order valence-electron chi connectivity index (χ3n) is 3.22. The zero-order chi connectivity index (χ0) is 14.8. The Bertz CT molecular complexity index is 666. The Balaban J connectivity index is 1.95. The Morgan fingerprint density at radius 2 is 2.05 bits per heavy atom. The molecule has 0 bridgehead atoms. The summed E-state index contributed by atoms with van der Waals surface area (Å²) in [4.78, 5) is 0. The van der Waals surface area contributed by atoms with Gasteiger partial charge < -0.3 is 4.74 Å². The molecule has 2 heterocycles. The Morgan fingerprint density at radius 3 is 2.71 bits per heavy atom. The number of nitrogens with zero attached hydrogens (tertiary/aromatic N) is 4. The second kappa shape index (κ2) is 5.66. The van der Waals surface area contributed by atoms with Crippen LogP contribution in [-0.2, 0) is 0 Å². The highest BCUT2D eigenvalue weighted by Gasteiger charge is 2.22. The minimum atomic E-state index is 0.725. The van der Waals surface area contributed by atoms with Gasteiger partial charge in [0.2, 0.25) is 0 Å². The van der Waals surface area contributed by atoms with Crippen LogP contribution >= 0.6 is 12.6 Å². The van der Waals surface area contributed by atoms with Crippen LogP contribution in [-0.4, -0.2) is 34.3 Å². The molecule has 8 heteroatoms. The lowest BCUT2D eigenvalue weighted by Gasteiger charge is -2.15. The number of rotatable bonds is 4. The minimum Gasteiger partial charge on any atom is -0.497 e. The van der Waals surface area contributed by atoms with Gasteiger partial charge in [0.1, 0.15) is 10.8 Å². The fourth-order valence-electron chi connectivity index (χ4n) is 2.10. The molecule has 2 N–H and O–H groups in total. The average molecular weight is 304 g/mol. The zero-order valence-electron chi connectivity index (χ0n) is 11.7. The summed E-state index contributed by atoms with van der Waals surface area (Å²) in [5.74, 6) is 1.57. The summed E-state index contributed by atoms with van der Waals surface area (Å²) in [5.41, 5.74) is 7.44. The minimum absolute atomic E-state index is 0.725. The van der Waals surface area contributed by atoms with E-state index in [2.05, 4.69) is 33.9 Å². The molecule has 21 heavy (non-hydrogen) atoms. The summed E-state index contributed by atoms with van der Waals surface area (Å²) >= 11 is 4.58. The second-order valence-electron chi connectivity index (χ2n) is 4.39. The number of amidine groups is 1. The van der Waals surface area contributed by atoms with E-state index in [1.807, 2.05) is 36.2 Å². The van der Waals surface area contributed by atoms with Crippen LogP contribution in [0.5, 0.6) is 5.75 Å². The van der Waals surface area contributed by atoms with E-state index in [0.717, 1.165) is 34.4 Å². The maximum atomic E-state index is 5.16. The summed E-state index contributed by atoms with van der Waals surface area (Å²) in [6.45, 7) is 2.80. The molecule has 110 valence electrons. The number of hydrazine groups is 2. The van der Waals surface area contributed by atoms with Gasteiger partial charge in [0.25, 0.3) is 0 Å². The van der Waals surface area contributed by atoms with Crippen LogP contribution in [0.3, 0.4) is 0 Å². The van der Waals surface area contributed by atoms with Crippen LogP contribution in [0, 0.1) is 0 Å². The largest absolute Gasteiger partial charge is 0.497 e. The van der Waals surface area contributed by atoms with Gasteiger partial charge in [-0.15, -0.1) is 23.3 Å². The first-order valence-electron chi connectivity index (χ1n) is 6.52. The smallest absolute Gasteiger partial charge is 0.177 e. The fourth-order valence-corrected chi connectivity index (χ4v) is 2.42. The number of benzene rings is 1. The summed E-state index contributed by atoms with van der Waals surface area (Å²) in [6, 6.07) is 7.64. The molecule has 0 saturated carbocycles. The molecule has 1 aromatic heterocycles. The number of aromatic nitrogens is 2. The Kier molecular flexibility index (Phi) is 3.72. The van der Waals surface area contributed by atoms with Gasteiger partial charge in [-0.1, -0.05) is 0 Å². The van der Waals surface area contributed by atoms with Crippen LogP contribution in [0.4, 0.5) is 0 Å². The monoisotopic (exact) mass is 304 g/mol. The van der Waals surface area contributed by atoms with E-state index in [1.54, 1.807) is 18.0 Å². The topological polar surface area (TPSA) is 66.7 Å². The van der Waals surface area contributed by atoms with Gasteiger partial charge in [-0.2, -0.15) is 5.10 Å². The van der Waals surface area contributed by atoms with E-state index in [9.17, 15) is 0 Å². The van der Waals surface area contributed by atoms with Crippen LogP contribution < -0.4 is 15.8 Å². The van der Waals surface area contributed by atoms with Crippen molar-refractivity contribution in [1.82, 2.24) is 25.9 Å². The molecule has 7 nitrogen and oxygen atoms in total. The Labute approximate surface area is 127 Å². The van der Waals surface area contributed by atoms with E-state index >= 15 is 0 Å². The summed E-state index contributed by atoms with van der Waals surface area (Å²) in [7, 11) is 1.64.